The van der Waals surface area contributed by atoms with Crippen LogP contribution in [-0.2, 0) is 15.4 Å². The number of sulfonamides is 1. The van der Waals surface area contributed by atoms with Gasteiger partial charge < -0.3 is 14.6 Å². The van der Waals surface area contributed by atoms with Crippen LogP contribution < -0.4 is 30.7 Å². The van der Waals surface area contributed by atoms with E-state index in [9.17, 15) is 13.2 Å². The number of imidazole rings is 1. The number of anilines is 3. The molecule has 3 aromatic rings. The van der Waals surface area contributed by atoms with Gasteiger partial charge in [-0.1, -0.05) is 26.8 Å². The first-order chi connectivity index (χ1) is 19.2. The summed E-state index contributed by atoms with van der Waals surface area (Å²) in [7, 11) is -2.15. The molecule has 1 amide bonds. The van der Waals surface area contributed by atoms with Gasteiger partial charge in [0.25, 0.3) is 5.91 Å². The molecule has 0 unspecified atom stereocenters. The van der Waals surface area contributed by atoms with E-state index in [1.54, 1.807) is 18.2 Å². The van der Waals surface area contributed by atoms with Crippen LogP contribution in [0.25, 0.3) is 5.70 Å². The average molecular weight is 580 g/mol. The standard InChI is InChI=1S/C29H37N7O4S/c1-17-8-9-19(12-25(17)35-16-24(32-34-35)26-15-30-18(2)36(26)21-10-11-21)28(37)31-22-13-20(29(3,4)5)14-23(27(22)40-6)33-41(7,38)39/h8-9,12-16,21,32-34H,10-11H2,1-7H3,(H,31,37). The molecule has 1 fully saturated rings. The van der Waals surface area contributed by atoms with Crippen molar-refractivity contribution >= 4 is 38.7 Å². The van der Waals surface area contributed by atoms with Crippen molar-refractivity contribution in [1.29, 1.82) is 0 Å². The normalized spacial score (nSPS) is 15.4. The van der Waals surface area contributed by atoms with Crippen molar-refractivity contribution in [3.05, 3.63) is 70.9 Å². The van der Waals surface area contributed by atoms with Crippen LogP contribution >= 0.6 is 0 Å². The summed E-state index contributed by atoms with van der Waals surface area (Å²) >= 11 is 0. The highest BCUT2D eigenvalue weighted by molar-refractivity contribution is 7.92. The van der Waals surface area contributed by atoms with Crippen molar-refractivity contribution < 1.29 is 17.9 Å². The molecule has 0 atom stereocenters. The van der Waals surface area contributed by atoms with E-state index in [0.29, 0.717) is 17.3 Å². The first kappa shape index (κ1) is 28.5. The molecule has 0 saturated heterocycles. The van der Waals surface area contributed by atoms with E-state index in [2.05, 4.69) is 30.6 Å². The lowest BCUT2D eigenvalue weighted by molar-refractivity contribution is 0.102. The van der Waals surface area contributed by atoms with E-state index in [4.69, 9.17) is 4.74 Å². The second-order valence-corrected chi connectivity index (χ2v) is 13.4. The van der Waals surface area contributed by atoms with Gasteiger partial charge in [-0.3, -0.25) is 20.0 Å². The van der Waals surface area contributed by atoms with Crippen LogP contribution in [0.4, 0.5) is 17.1 Å². The number of hydrogen-bond donors (Lipinski definition) is 4. The molecule has 5 rings (SSSR count). The largest absolute Gasteiger partial charge is 0.492 e. The van der Waals surface area contributed by atoms with Crippen LogP contribution in [0, 0.1) is 13.8 Å². The zero-order valence-corrected chi connectivity index (χ0v) is 25.2. The average Bonchev–Trinajstić information content (AvgIpc) is 3.46. The zero-order valence-electron chi connectivity index (χ0n) is 24.4. The van der Waals surface area contributed by atoms with Crippen molar-refractivity contribution in [2.24, 2.45) is 0 Å². The number of hydrogen-bond acceptors (Lipinski definition) is 8. The molecule has 11 nitrogen and oxygen atoms in total. The zero-order chi connectivity index (χ0) is 29.7. The third kappa shape index (κ3) is 6.03. The number of aryl methyl sites for hydroxylation is 2. The molecule has 2 heterocycles. The number of carbonyl (C=O) groups is 1. The minimum atomic E-state index is -3.59. The summed E-state index contributed by atoms with van der Waals surface area (Å²) in [5, 5.41) is 4.78. The lowest BCUT2D eigenvalue weighted by Gasteiger charge is -2.24. The first-order valence-corrected chi connectivity index (χ1v) is 15.3. The van der Waals surface area contributed by atoms with Crippen LogP contribution in [-0.4, -0.2) is 37.2 Å². The van der Waals surface area contributed by atoms with E-state index in [1.807, 2.05) is 64.2 Å². The van der Waals surface area contributed by atoms with Crippen LogP contribution in [0.2, 0.25) is 0 Å². The molecule has 1 saturated carbocycles. The third-order valence-electron chi connectivity index (χ3n) is 7.17. The fraction of sp³-hybridized carbons (Fsp3) is 0.379. The number of rotatable bonds is 8. The van der Waals surface area contributed by atoms with Crippen molar-refractivity contribution in [3.63, 3.8) is 0 Å². The molecule has 41 heavy (non-hydrogen) atoms. The quantitative estimate of drug-likeness (QED) is 0.305. The lowest BCUT2D eigenvalue weighted by atomic mass is 9.86. The van der Waals surface area contributed by atoms with E-state index < -0.39 is 10.0 Å². The number of benzene rings is 2. The van der Waals surface area contributed by atoms with Gasteiger partial charge in [0, 0.05) is 11.6 Å². The first-order valence-electron chi connectivity index (χ1n) is 13.4. The number of ether oxygens (including phenoxy) is 1. The summed E-state index contributed by atoms with van der Waals surface area (Å²) in [5.74, 6) is 0.851. The molecule has 0 radical (unpaired) electrons. The van der Waals surface area contributed by atoms with E-state index >= 15 is 0 Å². The predicted molar refractivity (Wildman–Crippen MR) is 161 cm³/mol. The molecule has 1 aliphatic carbocycles. The van der Waals surface area contributed by atoms with Crippen LogP contribution in [0.5, 0.6) is 5.75 Å². The van der Waals surface area contributed by atoms with E-state index in [0.717, 1.165) is 53.1 Å². The Hall–Kier alpha value is -4.03. The molecule has 2 aliphatic rings. The summed E-state index contributed by atoms with van der Waals surface area (Å²) in [6.07, 6.45) is 7.21. The summed E-state index contributed by atoms with van der Waals surface area (Å²) in [6.45, 7) is 10.0. The van der Waals surface area contributed by atoms with Gasteiger partial charge in [-0.25, -0.2) is 13.4 Å². The highest BCUT2D eigenvalue weighted by atomic mass is 32.2. The minimum absolute atomic E-state index is 0.227. The van der Waals surface area contributed by atoms with Crippen molar-refractivity contribution in [1.82, 2.24) is 20.5 Å². The van der Waals surface area contributed by atoms with Gasteiger partial charge in [-0.15, -0.1) is 5.53 Å². The molecule has 4 N–H and O–H groups in total. The van der Waals surface area contributed by atoms with Gasteiger partial charge in [0.15, 0.2) is 5.75 Å². The van der Waals surface area contributed by atoms with Crippen molar-refractivity contribution in [3.8, 4) is 5.75 Å². The second-order valence-electron chi connectivity index (χ2n) is 11.6. The van der Waals surface area contributed by atoms with Gasteiger partial charge in [0.05, 0.1) is 54.2 Å². The smallest absolute Gasteiger partial charge is 0.255 e. The predicted octanol–water partition coefficient (Wildman–Crippen LogP) is 4.59. The number of carbonyl (C=O) groups excluding carboxylic acids is 1. The third-order valence-corrected chi connectivity index (χ3v) is 7.76. The number of nitrogens with zero attached hydrogens (tertiary/aromatic N) is 3. The Morgan fingerprint density at radius 3 is 2.46 bits per heavy atom. The number of aromatic nitrogens is 2. The van der Waals surface area contributed by atoms with Crippen LogP contribution in [0.3, 0.4) is 0 Å². The maximum atomic E-state index is 13.5. The highest BCUT2D eigenvalue weighted by Crippen LogP contribution is 2.40. The Kier molecular flexibility index (Phi) is 7.24. The Morgan fingerprint density at radius 1 is 1.12 bits per heavy atom. The lowest BCUT2D eigenvalue weighted by Crippen LogP contribution is -2.36. The van der Waals surface area contributed by atoms with Gasteiger partial charge in [0.1, 0.15) is 5.82 Å². The molecule has 0 spiro atoms. The molecule has 0 bridgehead atoms. The fourth-order valence-corrected chi connectivity index (χ4v) is 5.43. The summed E-state index contributed by atoms with van der Waals surface area (Å²) < 4.78 is 34.5. The Labute approximate surface area is 241 Å². The molecule has 12 heteroatoms. The molecular weight excluding hydrogens is 542 g/mol. The van der Waals surface area contributed by atoms with Gasteiger partial charge in [-0.05, 0) is 67.5 Å². The number of methoxy groups -OCH3 is 1. The Morgan fingerprint density at radius 2 is 1.83 bits per heavy atom. The molecule has 1 aliphatic heterocycles. The highest BCUT2D eigenvalue weighted by Gasteiger charge is 2.30. The summed E-state index contributed by atoms with van der Waals surface area (Å²) in [4.78, 5) is 18.1. The molecular formula is C29H37N7O4S. The second kappa shape index (κ2) is 10.4. The maximum absolute atomic E-state index is 13.5. The van der Waals surface area contributed by atoms with Crippen molar-refractivity contribution in [2.75, 3.05) is 28.4 Å². The Balaban J connectivity index is 1.45. The maximum Gasteiger partial charge on any atom is 0.255 e. The number of nitrogens with one attached hydrogen (secondary N) is 4. The molecule has 1 aromatic heterocycles. The van der Waals surface area contributed by atoms with E-state index in [1.165, 1.54) is 7.11 Å². The fourth-order valence-electron chi connectivity index (χ4n) is 4.88. The minimum Gasteiger partial charge on any atom is -0.492 e. The monoisotopic (exact) mass is 579 g/mol. The van der Waals surface area contributed by atoms with Crippen LogP contribution in [0.1, 0.15) is 72.7 Å². The van der Waals surface area contributed by atoms with Gasteiger partial charge in [-0.2, -0.15) is 0 Å². The molecule has 2 aromatic carbocycles. The van der Waals surface area contributed by atoms with Gasteiger partial charge >= 0.3 is 0 Å². The Bertz CT molecular complexity index is 1650. The topological polar surface area (TPSA) is 130 Å². The number of hydrazine groups is 2. The van der Waals surface area contributed by atoms with E-state index in [-0.39, 0.29) is 22.8 Å². The SMILES string of the molecule is COc1c(NC(=O)c2ccc(C)c(N3C=C(c4cnc(C)n4C4CC4)NN3)c2)cc(C(C)(C)C)cc1NS(C)(=O)=O. The molecule has 218 valence electrons. The van der Waals surface area contributed by atoms with Crippen molar-refractivity contribution in [2.45, 2.75) is 58.9 Å². The number of amides is 1. The summed E-state index contributed by atoms with van der Waals surface area (Å²) in [5.41, 5.74) is 11.6. The van der Waals surface area contributed by atoms with Gasteiger partial charge in [0.2, 0.25) is 10.0 Å². The summed E-state index contributed by atoms with van der Waals surface area (Å²) in [6, 6.07) is 9.47. The van der Waals surface area contributed by atoms with Crippen LogP contribution in [0.15, 0.2) is 42.7 Å².